The number of alkyl halides is 3. The average Bonchev–Trinajstić information content (AvgIpc) is 2.78. The van der Waals surface area contributed by atoms with Crippen LogP contribution < -0.4 is 9.62 Å². The van der Waals surface area contributed by atoms with E-state index in [0.717, 1.165) is 49.1 Å². The first-order valence-electron chi connectivity index (χ1n) is 10.9. The van der Waals surface area contributed by atoms with Crippen molar-refractivity contribution < 1.29 is 31.1 Å². The molecule has 2 aromatic carbocycles. The molecule has 0 aliphatic carbocycles. The monoisotopic (exact) mass is 533 g/mol. The predicted molar refractivity (Wildman–Crippen MR) is 128 cm³/mol. The van der Waals surface area contributed by atoms with Gasteiger partial charge in [-0.05, 0) is 36.2 Å². The molecule has 3 rings (SSSR count). The summed E-state index contributed by atoms with van der Waals surface area (Å²) in [5.41, 5.74) is 0.421. The third-order valence-corrected chi connectivity index (χ3v) is 7.17. The summed E-state index contributed by atoms with van der Waals surface area (Å²) >= 11 is 5.65. The lowest BCUT2D eigenvalue weighted by Crippen LogP contribution is -2.47. The molecule has 1 fully saturated rings. The molecule has 12 heteroatoms. The Morgan fingerprint density at radius 2 is 1.74 bits per heavy atom. The molecule has 1 aliphatic rings. The van der Waals surface area contributed by atoms with Crippen LogP contribution in [0.4, 0.5) is 18.9 Å². The van der Waals surface area contributed by atoms with E-state index in [1.807, 2.05) is 24.3 Å². The summed E-state index contributed by atoms with van der Waals surface area (Å²) in [6.07, 6.45) is -3.96. The third-order valence-electron chi connectivity index (χ3n) is 5.60. The maximum Gasteiger partial charge on any atom is 0.417 e. The number of carbonyl (C=O) groups is 1. The highest BCUT2D eigenvalue weighted by Gasteiger charge is 2.36. The Kier molecular flexibility index (Phi) is 8.68. The van der Waals surface area contributed by atoms with Gasteiger partial charge in [0, 0.05) is 26.2 Å². The Balaban J connectivity index is 1.68. The second-order valence-corrected chi connectivity index (χ2v) is 10.6. The second kappa shape index (κ2) is 11.2. The maximum absolute atomic E-state index is 13.3. The van der Waals surface area contributed by atoms with Gasteiger partial charge in [0.05, 0.1) is 35.7 Å². The number of nitrogens with zero attached hydrogens (tertiary/aromatic N) is 2. The number of nitrogens with one attached hydrogen (secondary N) is 1. The molecule has 1 N–H and O–H groups in total. The maximum atomic E-state index is 13.3. The average molecular weight is 534 g/mol. The van der Waals surface area contributed by atoms with Crippen molar-refractivity contribution in [3.63, 3.8) is 0 Å². The lowest BCUT2D eigenvalue weighted by molar-refractivity contribution is -0.137. The van der Waals surface area contributed by atoms with Gasteiger partial charge in [0.15, 0.2) is 0 Å². The summed E-state index contributed by atoms with van der Waals surface area (Å²) < 4.78 is 70.7. The fourth-order valence-electron chi connectivity index (χ4n) is 3.79. The SMILES string of the molecule is C[C@@H](C(=O)NCc1ccc(CN2CCOCC2)cc1)N(c1ccc(Cl)c(C(F)(F)F)c1)S(C)(=O)=O. The Bertz CT molecular complexity index is 1140. The summed E-state index contributed by atoms with van der Waals surface area (Å²) in [6.45, 7) is 5.38. The molecule has 7 nitrogen and oxygen atoms in total. The number of ether oxygens (including phenoxy) is 1. The topological polar surface area (TPSA) is 79.0 Å². The Hall–Kier alpha value is -2.34. The molecular weight excluding hydrogens is 507 g/mol. The van der Waals surface area contributed by atoms with Crippen LogP contribution in [0, 0.1) is 0 Å². The van der Waals surface area contributed by atoms with E-state index in [9.17, 15) is 26.4 Å². The third kappa shape index (κ3) is 7.33. The molecular formula is C23H27ClF3N3O4S. The minimum Gasteiger partial charge on any atom is -0.379 e. The quantitative estimate of drug-likeness (QED) is 0.560. The van der Waals surface area contributed by atoms with Crippen LogP contribution in [-0.4, -0.2) is 57.8 Å². The number of halogens is 4. The smallest absolute Gasteiger partial charge is 0.379 e. The zero-order valence-electron chi connectivity index (χ0n) is 19.3. The second-order valence-electron chi connectivity index (χ2n) is 8.32. The van der Waals surface area contributed by atoms with Crippen molar-refractivity contribution >= 4 is 33.2 Å². The molecule has 0 radical (unpaired) electrons. The van der Waals surface area contributed by atoms with Crippen molar-refractivity contribution in [3.8, 4) is 0 Å². The van der Waals surface area contributed by atoms with Gasteiger partial charge in [-0.1, -0.05) is 35.9 Å². The minimum atomic E-state index is -4.78. The van der Waals surface area contributed by atoms with E-state index < -0.39 is 38.7 Å². The lowest BCUT2D eigenvalue weighted by atomic mass is 10.1. The molecule has 35 heavy (non-hydrogen) atoms. The number of hydrogen-bond donors (Lipinski definition) is 1. The fourth-order valence-corrected chi connectivity index (χ4v) is 5.18. The normalized spacial score (nSPS) is 16.1. The Morgan fingerprint density at radius 1 is 1.14 bits per heavy atom. The van der Waals surface area contributed by atoms with Gasteiger partial charge < -0.3 is 10.1 Å². The lowest BCUT2D eigenvalue weighted by Gasteiger charge is -2.29. The standard InChI is InChI=1S/C23H27ClF3N3O4S/c1-16(30(35(2,32)33)19-7-8-21(24)20(13-19)23(25,26)27)22(31)28-14-17-3-5-18(6-4-17)15-29-9-11-34-12-10-29/h3-8,13,16H,9-12,14-15H2,1-2H3,(H,28,31)/t16-/m0/s1. The molecule has 1 heterocycles. The number of morpholine rings is 1. The van der Waals surface area contributed by atoms with E-state index in [2.05, 4.69) is 10.2 Å². The van der Waals surface area contributed by atoms with E-state index in [-0.39, 0.29) is 12.2 Å². The zero-order valence-corrected chi connectivity index (χ0v) is 20.9. The first-order valence-corrected chi connectivity index (χ1v) is 13.1. The Labute approximate surface area is 207 Å². The molecule has 1 amide bonds. The van der Waals surface area contributed by atoms with Gasteiger partial charge in [-0.25, -0.2) is 8.42 Å². The van der Waals surface area contributed by atoms with Crippen LogP contribution in [0.25, 0.3) is 0 Å². The Morgan fingerprint density at radius 3 is 2.31 bits per heavy atom. The summed E-state index contributed by atoms with van der Waals surface area (Å²) in [4.78, 5) is 15.1. The van der Waals surface area contributed by atoms with Crippen LogP contribution in [0.15, 0.2) is 42.5 Å². The summed E-state index contributed by atoms with van der Waals surface area (Å²) in [5, 5.41) is 2.09. The van der Waals surface area contributed by atoms with Crippen molar-refractivity contribution in [1.29, 1.82) is 0 Å². The van der Waals surface area contributed by atoms with Crippen LogP contribution in [0.2, 0.25) is 5.02 Å². The number of rotatable bonds is 8. The molecule has 0 aromatic heterocycles. The van der Waals surface area contributed by atoms with Gasteiger partial charge in [-0.15, -0.1) is 0 Å². The van der Waals surface area contributed by atoms with Crippen molar-refractivity contribution in [3.05, 3.63) is 64.2 Å². The van der Waals surface area contributed by atoms with E-state index >= 15 is 0 Å². The van der Waals surface area contributed by atoms with Gasteiger partial charge in [-0.2, -0.15) is 13.2 Å². The molecule has 0 saturated carbocycles. The highest BCUT2D eigenvalue weighted by Crippen LogP contribution is 2.37. The number of sulfonamides is 1. The van der Waals surface area contributed by atoms with Crippen LogP contribution >= 0.6 is 11.6 Å². The molecule has 1 atom stereocenters. The van der Waals surface area contributed by atoms with E-state index in [1.54, 1.807) is 0 Å². The van der Waals surface area contributed by atoms with Gasteiger partial charge in [0.1, 0.15) is 6.04 Å². The highest BCUT2D eigenvalue weighted by atomic mass is 35.5. The summed E-state index contributed by atoms with van der Waals surface area (Å²) in [6, 6.07) is 9.06. The highest BCUT2D eigenvalue weighted by molar-refractivity contribution is 7.92. The number of benzene rings is 2. The van der Waals surface area contributed by atoms with E-state index in [1.165, 1.54) is 6.92 Å². The molecule has 1 saturated heterocycles. The van der Waals surface area contributed by atoms with Crippen molar-refractivity contribution in [2.45, 2.75) is 32.2 Å². The molecule has 1 aliphatic heterocycles. The number of hydrogen-bond acceptors (Lipinski definition) is 5. The molecule has 192 valence electrons. The molecule has 0 bridgehead atoms. The first-order chi connectivity index (χ1) is 16.4. The summed E-state index contributed by atoms with van der Waals surface area (Å²) in [7, 11) is -4.09. The largest absolute Gasteiger partial charge is 0.417 e. The van der Waals surface area contributed by atoms with Crippen LogP contribution in [0.5, 0.6) is 0 Å². The van der Waals surface area contributed by atoms with E-state index in [4.69, 9.17) is 16.3 Å². The summed E-state index contributed by atoms with van der Waals surface area (Å²) in [5.74, 6) is -0.656. The fraction of sp³-hybridized carbons (Fsp3) is 0.435. The van der Waals surface area contributed by atoms with E-state index in [0.29, 0.717) is 23.6 Å². The van der Waals surface area contributed by atoms with Gasteiger partial charge >= 0.3 is 6.18 Å². The van der Waals surface area contributed by atoms with Crippen molar-refractivity contribution in [2.75, 3.05) is 36.9 Å². The predicted octanol–water partition coefficient (Wildman–Crippen LogP) is 3.66. The van der Waals surface area contributed by atoms with Crippen LogP contribution in [0.3, 0.4) is 0 Å². The van der Waals surface area contributed by atoms with Crippen molar-refractivity contribution in [2.24, 2.45) is 0 Å². The van der Waals surface area contributed by atoms with Gasteiger partial charge in [-0.3, -0.25) is 14.0 Å². The van der Waals surface area contributed by atoms with Crippen LogP contribution in [-0.2, 0) is 38.8 Å². The molecule has 0 unspecified atom stereocenters. The van der Waals surface area contributed by atoms with Crippen molar-refractivity contribution in [1.82, 2.24) is 10.2 Å². The van der Waals surface area contributed by atoms with Gasteiger partial charge in [0.25, 0.3) is 0 Å². The molecule has 2 aromatic rings. The number of amides is 1. The minimum absolute atomic E-state index is 0.132. The number of carbonyl (C=O) groups excluding carboxylic acids is 1. The van der Waals surface area contributed by atoms with Gasteiger partial charge in [0.2, 0.25) is 15.9 Å². The molecule has 0 spiro atoms. The van der Waals surface area contributed by atoms with Crippen LogP contribution in [0.1, 0.15) is 23.6 Å². The zero-order chi connectivity index (χ0) is 25.8. The first kappa shape index (κ1) is 27.3. The number of anilines is 1.